The van der Waals surface area contributed by atoms with Crippen molar-refractivity contribution in [3.8, 4) is 0 Å². The number of carbonyl (C=O) groups excluding carboxylic acids is 1. The fourth-order valence-electron chi connectivity index (χ4n) is 0.682. The predicted octanol–water partition coefficient (Wildman–Crippen LogP) is -0.578. The van der Waals surface area contributed by atoms with Crippen molar-refractivity contribution in [1.82, 2.24) is 5.32 Å². The van der Waals surface area contributed by atoms with Gasteiger partial charge in [0.05, 0.1) is 19.3 Å². The summed E-state index contributed by atoms with van der Waals surface area (Å²) in [6.45, 7) is 2.99. The molecule has 1 amide bonds. The van der Waals surface area contributed by atoms with Gasteiger partial charge in [0.15, 0.2) is 0 Å². The molecule has 0 spiro atoms. The maximum Gasteiger partial charge on any atom is 0.220 e. The lowest BCUT2D eigenvalue weighted by Gasteiger charge is -2.12. The van der Waals surface area contributed by atoms with E-state index in [0.717, 1.165) is 0 Å². The van der Waals surface area contributed by atoms with Gasteiger partial charge in [0.1, 0.15) is 0 Å². The summed E-state index contributed by atoms with van der Waals surface area (Å²) in [7, 11) is 0. The number of amides is 1. The van der Waals surface area contributed by atoms with Crippen LogP contribution in [0.4, 0.5) is 0 Å². The van der Waals surface area contributed by atoms with Crippen LogP contribution in [0.3, 0.4) is 0 Å². The molecule has 0 aromatic heterocycles. The van der Waals surface area contributed by atoms with Crippen molar-refractivity contribution >= 4 is 5.91 Å². The number of nitrogens with one attached hydrogen (secondary N) is 1. The highest BCUT2D eigenvalue weighted by Crippen LogP contribution is 1.90. The van der Waals surface area contributed by atoms with Gasteiger partial charge < -0.3 is 15.5 Å². The number of allylic oxidation sites excluding steroid dienone is 1. The highest BCUT2D eigenvalue weighted by molar-refractivity contribution is 5.76. The van der Waals surface area contributed by atoms with Gasteiger partial charge in [-0.15, -0.1) is 6.58 Å². The minimum atomic E-state index is -0.540. The summed E-state index contributed by atoms with van der Waals surface area (Å²) in [6.07, 6.45) is 2.60. The number of carbonyl (C=O) groups is 1. The van der Waals surface area contributed by atoms with Crippen molar-refractivity contribution in [2.24, 2.45) is 0 Å². The van der Waals surface area contributed by atoms with Crippen molar-refractivity contribution in [2.75, 3.05) is 13.2 Å². The SMILES string of the molecule is C=CCCC(=O)NC(CO)CO. The quantitative estimate of drug-likeness (QED) is 0.471. The number of rotatable bonds is 6. The molecule has 12 heavy (non-hydrogen) atoms. The molecule has 4 heteroatoms. The first-order valence-corrected chi connectivity index (χ1v) is 3.86. The third-order valence-electron chi connectivity index (χ3n) is 1.38. The number of aliphatic hydroxyl groups excluding tert-OH is 2. The van der Waals surface area contributed by atoms with Gasteiger partial charge in [-0.25, -0.2) is 0 Å². The lowest BCUT2D eigenvalue weighted by molar-refractivity contribution is -0.122. The van der Waals surface area contributed by atoms with Gasteiger partial charge in [-0.3, -0.25) is 4.79 Å². The van der Waals surface area contributed by atoms with Crippen LogP contribution in [0.2, 0.25) is 0 Å². The van der Waals surface area contributed by atoms with Crippen LogP contribution in [0.5, 0.6) is 0 Å². The van der Waals surface area contributed by atoms with E-state index in [4.69, 9.17) is 10.2 Å². The Morgan fingerprint density at radius 3 is 2.50 bits per heavy atom. The second-order valence-electron chi connectivity index (χ2n) is 2.46. The normalized spacial score (nSPS) is 9.92. The molecule has 0 aliphatic carbocycles. The van der Waals surface area contributed by atoms with Crippen LogP contribution in [-0.2, 0) is 4.79 Å². The van der Waals surface area contributed by atoms with Crippen molar-refractivity contribution in [3.63, 3.8) is 0 Å². The predicted molar refractivity (Wildman–Crippen MR) is 45.5 cm³/mol. The Bertz CT molecular complexity index is 143. The van der Waals surface area contributed by atoms with E-state index in [2.05, 4.69) is 11.9 Å². The Hall–Kier alpha value is -0.870. The van der Waals surface area contributed by atoms with Crippen LogP contribution in [-0.4, -0.2) is 35.4 Å². The first-order valence-electron chi connectivity index (χ1n) is 3.86. The maximum absolute atomic E-state index is 10.9. The van der Waals surface area contributed by atoms with Crippen LogP contribution in [0, 0.1) is 0 Å². The number of aliphatic hydroxyl groups is 2. The molecule has 0 aliphatic heterocycles. The molecular weight excluding hydrogens is 158 g/mol. The van der Waals surface area contributed by atoms with Crippen LogP contribution >= 0.6 is 0 Å². The molecule has 0 unspecified atom stereocenters. The Balaban J connectivity index is 3.58. The van der Waals surface area contributed by atoms with E-state index in [-0.39, 0.29) is 19.1 Å². The van der Waals surface area contributed by atoms with E-state index in [0.29, 0.717) is 12.8 Å². The molecule has 0 aromatic rings. The second kappa shape index (κ2) is 6.82. The van der Waals surface area contributed by atoms with Gasteiger partial charge >= 0.3 is 0 Å². The molecule has 0 atom stereocenters. The lowest BCUT2D eigenvalue weighted by Crippen LogP contribution is -2.39. The van der Waals surface area contributed by atoms with E-state index in [1.165, 1.54) is 0 Å². The zero-order valence-electron chi connectivity index (χ0n) is 6.99. The molecule has 0 fully saturated rings. The van der Waals surface area contributed by atoms with Crippen LogP contribution in [0.15, 0.2) is 12.7 Å². The minimum Gasteiger partial charge on any atom is -0.394 e. The highest BCUT2D eigenvalue weighted by Gasteiger charge is 2.08. The standard InChI is InChI=1S/C8H15NO3/c1-2-3-4-8(12)9-7(5-10)6-11/h2,7,10-11H,1,3-6H2,(H,9,12). The fraction of sp³-hybridized carbons (Fsp3) is 0.625. The summed E-state index contributed by atoms with van der Waals surface area (Å²) in [5.41, 5.74) is 0. The van der Waals surface area contributed by atoms with Crippen molar-refractivity contribution in [3.05, 3.63) is 12.7 Å². The summed E-state index contributed by atoms with van der Waals surface area (Å²) >= 11 is 0. The van der Waals surface area contributed by atoms with Gasteiger partial charge in [0.25, 0.3) is 0 Å². The lowest BCUT2D eigenvalue weighted by atomic mass is 10.2. The Morgan fingerprint density at radius 2 is 2.08 bits per heavy atom. The molecule has 0 rings (SSSR count). The van der Waals surface area contributed by atoms with Crippen molar-refractivity contribution < 1.29 is 15.0 Å². The Kier molecular flexibility index (Phi) is 6.32. The number of hydrogen-bond donors (Lipinski definition) is 3. The molecule has 3 N–H and O–H groups in total. The summed E-state index contributed by atoms with van der Waals surface area (Å²) < 4.78 is 0. The molecule has 0 saturated carbocycles. The van der Waals surface area contributed by atoms with E-state index >= 15 is 0 Å². The van der Waals surface area contributed by atoms with Crippen molar-refractivity contribution in [2.45, 2.75) is 18.9 Å². The number of hydrogen-bond acceptors (Lipinski definition) is 3. The highest BCUT2D eigenvalue weighted by atomic mass is 16.3. The average molecular weight is 173 g/mol. The first-order chi connectivity index (χ1) is 5.74. The van der Waals surface area contributed by atoms with Crippen LogP contribution in [0.1, 0.15) is 12.8 Å². The zero-order chi connectivity index (χ0) is 9.40. The van der Waals surface area contributed by atoms with Gasteiger partial charge in [-0.1, -0.05) is 6.08 Å². The third-order valence-corrected chi connectivity index (χ3v) is 1.38. The second-order valence-corrected chi connectivity index (χ2v) is 2.46. The van der Waals surface area contributed by atoms with Crippen molar-refractivity contribution in [1.29, 1.82) is 0 Å². The average Bonchev–Trinajstić information content (AvgIpc) is 2.10. The van der Waals surface area contributed by atoms with Gasteiger partial charge in [0.2, 0.25) is 5.91 Å². The maximum atomic E-state index is 10.9. The summed E-state index contributed by atoms with van der Waals surface area (Å²) in [6, 6.07) is -0.540. The molecule has 4 nitrogen and oxygen atoms in total. The van der Waals surface area contributed by atoms with Gasteiger partial charge in [0, 0.05) is 6.42 Å². The van der Waals surface area contributed by atoms with E-state index < -0.39 is 6.04 Å². The molecule has 0 aliphatic rings. The summed E-state index contributed by atoms with van der Waals surface area (Å²) in [5, 5.41) is 19.7. The first kappa shape index (κ1) is 11.1. The summed E-state index contributed by atoms with van der Waals surface area (Å²) in [5.74, 6) is -0.178. The molecule has 0 saturated heterocycles. The van der Waals surface area contributed by atoms with E-state index in [9.17, 15) is 4.79 Å². The van der Waals surface area contributed by atoms with Gasteiger partial charge in [-0.2, -0.15) is 0 Å². The third kappa shape index (κ3) is 4.87. The van der Waals surface area contributed by atoms with Crippen LogP contribution in [0.25, 0.3) is 0 Å². The largest absolute Gasteiger partial charge is 0.394 e. The molecule has 0 bridgehead atoms. The smallest absolute Gasteiger partial charge is 0.220 e. The fourth-order valence-corrected chi connectivity index (χ4v) is 0.682. The molecular formula is C8H15NO3. The zero-order valence-corrected chi connectivity index (χ0v) is 6.99. The molecule has 0 heterocycles. The van der Waals surface area contributed by atoms with Gasteiger partial charge in [-0.05, 0) is 6.42 Å². The summed E-state index contributed by atoms with van der Waals surface area (Å²) in [4.78, 5) is 10.9. The molecule has 70 valence electrons. The van der Waals surface area contributed by atoms with Crippen LogP contribution < -0.4 is 5.32 Å². The molecule has 0 aromatic carbocycles. The minimum absolute atomic E-state index is 0.178. The Morgan fingerprint density at radius 1 is 1.50 bits per heavy atom. The van der Waals surface area contributed by atoms with E-state index in [1.807, 2.05) is 0 Å². The van der Waals surface area contributed by atoms with E-state index in [1.54, 1.807) is 6.08 Å². The Labute approximate surface area is 71.9 Å². The monoisotopic (exact) mass is 173 g/mol. The topological polar surface area (TPSA) is 69.6 Å². The molecule has 0 radical (unpaired) electrons.